The van der Waals surface area contributed by atoms with Crippen LogP contribution in [-0.4, -0.2) is 0 Å². The summed E-state index contributed by atoms with van der Waals surface area (Å²) in [7, 11) is 0. The van der Waals surface area contributed by atoms with Crippen molar-refractivity contribution in [3.63, 3.8) is 0 Å². The van der Waals surface area contributed by atoms with E-state index in [1.54, 1.807) is 11.1 Å². The molecule has 0 heterocycles. The first-order valence-electron chi connectivity index (χ1n) is 31.6. The van der Waals surface area contributed by atoms with E-state index in [4.69, 9.17) is 0 Å². The Morgan fingerprint density at radius 1 is 0.200 bits per heavy atom. The van der Waals surface area contributed by atoms with Gasteiger partial charge in [-0.1, -0.05) is 251 Å². The molecule has 0 saturated carbocycles. The van der Waals surface area contributed by atoms with E-state index in [0.29, 0.717) is 29.6 Å². The van der Waals surface area contributed by atoms with Crippen molar-refractivity contribution in [1.29, 1.82) is 0 Å². The summed E-state index contributed by atoms with van der Waals surface area (Å²) in [5, 5.41) is 0. The maximum Gasteiger partial charge on any atom is -0.0149 e. The summed E-state index contributed by atoms with van der Waals surface area (Å²) in [6, 6.07) is 62.1. The van der Waals surface area contributed by atoms with Crippen LogP contribution in [0, 0.1) is 111 Å². The Bertz CT molecular complexity index is 3270. The van der Waals surface area contributed by atoms with E-state index in [1.807, 2.05) is 18.2 Å². The Morgan fingerprint density at radius 3 is 0.824 bits per heavy atom. The smallest absolute Gasteiger partial charge is 0.0149 e. The van der Waals surface area contributed by atoms with Crippen molar-refractivity contribution in [2.75, 3.05) is 0 Å². The lowest BCUT2D eigenvalue weighted by Crippen LogP contribution is -2.04. The summed E-state index contributed by atoms with van der Waals surface area (Å²) in [4.78, 5) is 0. The van der Waals surface area contributed by atoms with Gasteiger partial charge in [-0.25, -0.2) is 0 Å². The molecule has 0 nitrogen and oxygen atoms in total. The van der Waals surface area contributed by atoms with Crippen LogP contribution in [0.4, 0.5) is 0 Å². The highest BCUT2D eigenvalue weighted by molar-refractivity contribution is 5.78. The Labute approximate surface area is 521 Å². The Kier molecular flexibility index (Phi) is 30.1. The topological polar surface area (TPSA) is 0 Å². The standard InChI is InChI=1S/C19H16.C15H24.C13H20.2C11H16.C9H12.C7H8/c1-15-18(16-9-4-2-5-10-16)13-8-14-19(15)17-11-6-3-7-12-17;1-9(2)14-11(5)8-12(6)15(10(3)4)13(14)7;1-9(2)12-7-6-8-13(10(3)4)11(12)5;1-7-6-8(2)10(4)11(5)9(7)3;1-8(2)11-7-5-6-9(3)10(11)4;1-7-5-4-6-8(2)9(7)3;1-7-5-3-2-4-6-7/h2-14H,1H3;8-10H,1-7H3;6-10H,1-5H3;6H,1-5H3;5-8H,1-4H3;4-6H,1-3H3;2-6H,1H3. The Balaban J connectivity index is 0.000000265. The second kappa shape index (κ2) is 35.4. The maximum absolute atomic E-state index is 2.34. The van der Waals surface area contributed by atoms with Crippen LogP contribution < -0.4 is 0 Å². The molecule has 0 fully saturated rings. The van der Waals surface area contributed by atoms with Crippen molar-refractivity contribution in [3.05, 3.63) is 293 Å². The van der Waals surface area contributed by atoms with Crippen molar-refractivity contribution >= 4 is 0 Å². The average Bonchev–Trinajstić information content (AvgIpc) is 3.67. The van der Waals surface area contributed by atoms with E-state index in [-0.39, 0.29) is 0 Å². The van der Waals surface area contributed by atoms with E-state index in [2.05, 4.69) is 338 Å². The molecule has 9 aromatic carbocycles. The number of hydrogen-bond acceptors (Lipinski definition) is 0. The molecule has 9 rings (SSSR count). The summed E-state index contributed by atoms with van der Waals surface area (Å²) in [5.74, 6) is 3.18. The van der Waals surface area contributed by atoms with E-state index < -0.39 is 0 Å². The zero-order valence-electron chi connectivity index (χ0n) is 58.1. The Hall–Kier alpha value is -7.02. The fourth-order valence-corrected chi connectivity index (χ4v) is 11.7. The molecule has 0 radical (unpaired) electrons. The zero-order chi connectivity index (χ0) is 63.8. The maximum atomic E-state index is 2.34. The minimum Gasteiger partial charge on any atom is -0.0622 e. The van der Waals surface area contributed by atoms with Gasteiger partial charge in [0.1, 0.15) is 0 Å². The third-order valence-corrected chi connectivity index (χ3v) is 17.2. The highest BCUT2D eigenvalue weighted by Crippen LogP contribution is 2.34. The van der Waals surface area contributed by atoms with Gasteiger partial charge in [-0.3, -0.25) is 0 Å². The minimum absolute atomic E-state index is 0.628. The summed E-state index contributed by atoms with van der Waals surface area (Å²) in [6.45, 7) is 57.7. The molecule has 0 unspecified atom stereocenters. The molecule has 0 aliphatic heterocycles. The van der Waals surface area contributed by atoms with Crippen molar-refractivity contribution in [2.45, 2.75) is 210 Å². The third kappa shape index (κ3) is 21.8. The van der Waals surface area contributed by atoms with Crippen LogP contribution in [0.2, 0.25) is 0 Å². The van der Waals surface area contributed by atoms with Gasteiger partial charge >= 0.3 is 0 Å². The molecule has 0 heteroatoms. The van der Waals surface area contributed by atoms with E-state index in [9.17, 15) is 0 Å². The summed E-state index contributed by atoms with van der Waals surface area (Å²) in [6.07, 6.45) is 0. The van der Waals surface area contributed by atoms with Crippen molar-refractivity contribution < 1.29 is 0 Å². The zero-order valence-corrected chi connectivity index (χ0v) is 58.1. The molecule has 0 aliphatic carbocycles. The molecule has 0 atom stereocenters. The molecule has 85 heavy (non-hydrogen) atoms. The van der Waals surface area contributed by atoms with Crippen molar-refractivity contribution in [1.82, 2.24) is 0 Å². The van der Waals surface area contributed by atoms with Gasteiger partial charge in [0.15, 0.2) is 0 Å². The second-order valence-corrected chi connectivity index (χ2v) is 25.4. The first kappa shape index (κ1) is 72.2. The normalized spacial score (nSPS) is 10.5. The van der Waals surface area contributed by atoms with Gasteiger partial charge in [0.25, 0.3) is 0 Å². The highest BCUT2D eigenvalue weighted by atomic mass is 14.2. The monoisotopic (exact) mass is 1130 g/mol. The fraction of sp³-hybridized carbons (Fsp3) is 0.365. The Morgan fingerprint density at radius 2 is 0.506 bits per heavy atom. The quantitative estimate of drug-likeness (QED) is 0.149. The van der Waals surface area contributed by atoms with Crippen LogP contribution in [0.3, 0.4) is 0 Å². The molecule has 0 aromatic heterocycles. The molecule has 0 N–H and O–H groups in total. The molecule has 452 valence electrons. The van der Waals surface area contributed by atoms with Gasteiger partial charge in [-0.2, -0.15) is 0 Å². The number of rotatable bonds is 7. The van der Waals surface area contributed by atoms with Crippen LogP contribution >= 0.6 is 0 Å². The van der Waals surface area contributed by atoms with Gasteiger partial charge in [0.2, 0.25) is 0 Å². The fourth-order valence-electron chi connectivity index (χ4n) is 11.7. The predicted octanol–water partition coefficient (Wildman–Crippen LogP) is 25.7. The number of benzene rings is 9. The van der Waals surface area contributed by atoms with E-state index in [1.165, 1.54) is 128 Å². The van der Waals surface area contributed by atoms with Gasteiger partial charge in [-0.05, 0) is 274 Å². The molecule has 0 amide bonds. The predicted molar refractivity (Wildman–Crippen MR) is 382 cm³/mol. The van der Waals surface area contributed by atoms with Crippen LogP contribution in [0.25, 0.3) is 22.3 Å². The van der Waals surface area contributed by atoms with Gasteiger partial charge in [0.05, 0.1) is 0 Å². The SMILES string of the molecule is Cc1c(-c2ccccc2)cccc1-c1ccccc1.Cc1c(C(C)C)cccc1C(C)C.Cc1cc(C)c(C(C)C)c(C)c1C(C)C.Cc1cc(C)c(C)c(C)c1C.Cc1cccc(C(C)C)c1C.Cc1cccc(C)c1C.Cc1ccccc1. The lowest BCUT2D eigenvalue weighted by molar-refractivity contribution is 0.803. The summed E-state index contributed by atoms with van der Waals surface area (Å²) in [5.41, 5.74) is 35.4. The van der Waals surface area contributed by atoms with Crippen molar-refractivity contribution in [3.8, 4) is 22.3 Å². The first-order chi connectivity index (χ1) is 40.0. The molecule has 0 aliphatic rings. The van der Waals surface area contributed by atoms with Gasteiger partial charge in [-0.15, -0.1) is 0 Å². The van der Waals surface area contributed by atoms with Crippen molar-refractivity contribution in [2.24, 2.45) is 0 Å². The molecular formula is C85H112. The van der Waals surface area contributed by atoms with Crippen LogP contribution in [-0.2, 0) is 0 Å². The molecule has 9 aromatic rings. The highest BCUT2D eigenvalue weighted by Gasteiger charge is 2.16. The largest absolute Gasteiger partial charge is 0.0622 e. The first-order valence-corrected chi connectivity index (χ1v) is 31.6. The average molecular weight is 1130 g/mol. The molecule has 0 saturated heterocycles. The summed E-state index contributed by atoms with van der Waals surface area (Å²) < 4.78 is 0. The second-order valence-electron chi connectivity index (χ2n) is 25.4. The molecular weight excluding hydrogens is 1020 g/mol. The van der Waals surface area contributed by atoms with Gasteiger partial charge < -0.3 is 0 Å². The number of hydrogen-bond donors (Lipinski definition) is 0. The summed E-state index contributed by atoms with van der Waals surface area (Å²) >= 11 is 0. The lowest BCUT2D eigenvalue weighted by atomic mass is 9.84. The van der Waals surface area contributed by atoms with Crippen LogP contribution in [0.1, 0.15) is 216 Å². The number of aryl methyl sites for hydroxylation is 8. The molecule has 0 bridgehead atoms. The van der Waals surface area contributed by atoms with E-state index in [0.717, 1.165) is 0 Å². The van der Waals surface area contributed by atoms with Crippen LogP contribution in [0.15, 0.2) is 176 Å². The van der Waals surface area contributed by atoms with Gasteiger partial charge in [0, 0.05) is 0 Å². The van der Waals surface area contributed by atoms with E-state index >= 15 is 0 Å². The third-order valence-electron chi connectivity index (χ3n) is 17.2. The minimum atomic E-state index is 0.628. The van der Waals surface area contributed by atoms with Crippen LogP contribution in [0.5, 0.6) is 0 Å². The molecule has 0 spiro atoms. The lowest BCUT2D eigenvalue weighted by Gasteiger charge is -2.21.